The molecule has 1 N–H and O–H groups in total. The summed E-state index contributed by atoms with van der Waals surface area (Å²) in [6, 6.07) is 17.8. The number of benzene rings is 2. The van der Waals surface area contributed by atoms with Crippen molar-refractivity contribution in [2.45, 2.75) is 12.3 Å². The average molecular weight is 342 g/mol. The standard InChI is InChI=1S/C18H18N2OS2/c21-17(20-12-14-6-2-1-3-7-14)16-9-5-4-8-15(16)13-23-18-19-10-11-22-18/h1-9H,10-13H2,(H,20,21). The first-order valence-electron chi connectivity index (χ1n) is 7.53. The van der Waals surface area contributed by atoms with Crippen molar-refractivity contribution in [3.05, 3.63) is 71.3 Å². The Morgan fingerprint density at radius 2 is 1.91 bits per heavy atom. The number of carbonyl (C=O) groups is 1. The summed E-state index contributed by atoms with van der Waals surface area (Å²) in [6.45, 7) is 1.45. The highest BCUT2D eigenvalue weighted by Crippen LogP contribution is 2.26. The van der Waals surface area contributed by atoms with E-state index in [2.05, 4.69) is 10.3 Å². The van der Waals surface area contributed by atoms with E-state index in [9.17, 15) is 4.79 Å². The largest absolute Gasteiger partial charge is 0.348 e. The Bertz CT molecular complexity index is 701. The van der Waals surface area contributed by atoms with E-state index < -0.39 is 0 Å². The number of carbonyl (C=O) groups excluding carboxylic acids is 1. The van der Waals surface area contributed by atoms with E-state index in [1.807, 2.05) is 54.6 Å². The van der Waals surface area contributed by atoms with Gasteiger partial charge in [-0.1, -0.05) is 72.1 Å². The van der Waals surface area contributed by atoms with Crippen LogP contribution in [0.2, 0.25) is 0 Å². The maximum atomic E-state index is 12.5. The molecule has 3 nitrogen and oxygen atoms in total. The number of nitrogens with one attached hydrogen (secondary N) is 1. The third kappa shape index (κ3) is 4.62. The van der Waals surface area contributed by atoms with Gasteiger partial charge in [-0.3, -0.25) is 9.79 Å². The molecule has 118 valence electrons. The van der Waals surface area contributed by atoms with Crippen LogP contribution in [0.5, 0.6) is 0 Å². The van der Waals surface area contributed by atoms with Gasteiger partial charge < -0.3 is 5.32 Å². The third-order valence-electron chi connectivity index (χ3n) is 3.47. The summed E-state index contributed by atoms with van der Waals surface area (Å²) in [5, 5.41) is 3.00. The van der Waals surface area contributed by atoms with Gasteiger partial charge in [0.25, 0.3) is 5.91 Å². The van der Waals surface area contributed by atoms with Crippen molar-refractivity contribution < 1.29 is 4.79 Å². The molecule has 0 spiro atoms. The third-order valence-corrected chi connectivity index (χ3v) is 5.77. The lowest BCUT2D eigenvalue weighted by Crippen LogP contribution is -2.23. The van der Waals surface area contributed by atoms with Crippen molar-refractivity contribution >= 4 is 33.8 Å². The molecule has 23 heavy (non-hydrogen) atoms. The molecule has 0 fully saturated rings. The molecule has 3 rings (SSSR count). The highest BCUT2D eigenvalue weighted by atomic mass is 32.2. The van der Waals surface area contributed by atoms with Crippen LogP contribution in [0, 0.1) is 0 Å². The predicted octanol–water partition coefficient (Wildman–Crippen LogP) is 3.95. The minimum absolute atomic E-state index is 0.0222. The van der Waals surface area contributed by atoms with Gasteiger partial charge >= 0.3 is 0 Å². The van der Waals surface area contributed by atoms with Crippen LogP contribution in [0.3, 0.4) is 0 Å². The summed E-state index contributed by atoms with van der Waals surface area (Å²) in [6.07, 6.45) is 0. The van der Waals surface area contributed by atoms with Crippen LogP contribution < -0.4 is 5.32 Å². The first-order chi connectivity index (χ1) is 11.3. The summed E-state index contributed by atoms with van der Waals surface area (Å²) >= 11 is 3.51. The van der Waals surface area contributed by atoms with Crippen molar-refractivity contribution in [1.82, 2.24) is 5.32 Å². The zero-order chi connectivity index (χ0) is 15.9. The summed E-state index contributed by atoms with van der Waals surface area (Å²) < 4.78 is 1.13. The van der Waals surface area contributed by atoms with Gasteiger partial charge in [-0.2, -0.15) is 0 Å². The van der Waals surface area contributed by atoms with Crippen molar-refractivity contribution in [2.24, 2.45) is 4.99 Å². The molecule has 0 aliphatic carbocycles. The minimum Gasteiger partial charge on any atom is -0.348 e. The molecule has 2 aromatic rings. The number of amides is 1. The molecule has 0 unspecified atom stereocenters. The maximum absolute atomic E-state index is 12.5. The SMILES string of the molecule is O=C(NCc1ccccc1)c1ccccc1CSC1=NCCS1. The van der Waals surface area contributed by atoms with Crippen LogP contribution in [0.25, 0.3) is 0 Å². The van der Waals surface area contributed by atoms with Gasteiger partial charge in [-0.25, -0.2) is 0 Å². The molecular formula is C18H18N2OS2. The highest BCUT2D eigenvalue weighted by Gasteiger charge is 2.13. The fourth-order valence-electron chi connectivity index (χ4n) is 2.28. The van der Waals surface area contributed by atoms with Crippen LogP contribution in [0.1, 0.15) is 21.5 Å². The first-order valence-corrected chi connectivity index (χ1v) is 9.50. The van der Waals surface area contributed by atoms with Gasteiger partial charge in [0.05, 0.1) is 6.54 Å². The minimum atomic E-state index is -0.0222. The zero-order valence-corrected chi connectivity index (χ0v) is 14.3. The van der Waals surface area contributed by atoms with Gasteiger partial charge in [-0.15, -0.1) is 0 Å². The van der Waals surface area contributed by atoms with Crippen LogP contribution >= 0.6 is 23.5 Å². The number of rotatable bonds is 5. The Balaban J connectivity index is 1.63. The topological polar surface area (TPSA) is 41.5 Å². The Kier molecular flexibility index (Phi) is 5.77. The summed E-state index contributed by atoms with van der Waals surface area (Å²) in [5.41, 5.74) is 2.90. The van der Waals surface area contributed by atoms with Crippen LogP contribution in [0.15, 0.2) is 59.6 Å². The first kappa shape index (κ1) is 16.1. The van der Waals surface area contributed by atoms with Crippen LogP contribution in [-0.4, -0.2) is 22.6 Å². The van der Waals surface area contributed by atoms with E-state index in [4.69, 9.17) is 0 Å². The fraction of sp³-hybridized carbons (Fsp3) is 0.222. The van der Waals surface area contributed by atoms with E-state index in [1.165, 1.54) is 0 Å². The van der Waals surface area contributed by atoms with Gasteiger partial charge in [-0.05, 0) is 17.2 Å². The molecule has 0 saturated carbocycles. The normalized spacial score (nSPS) is 13.7. The summed E-state index contributed by atoms with van der Waals surface area (Å²) in [5.74, 6) is 1.83. The van der Waals surface area contributed by atoms with Gasteiger partial charge in [0.15, 0.2) is 0 Å². The number of aliphatic imine (C=N–C) groups is 1. The quantitative estimate of drug-likeness (QED) is 0.894. The van der Waals surface area contributed by atoms with E-state index >= 15 is 0 Å². The molecule has 0 radical (unpaired) electrons. The van der Waals surface area contributed by atoms with E-state index in [0.717, 1.165) is 39.1 Å². The number of hydrogen-bond donors (Lipinski definition) is 1. The lowest BCUT2D eigenvalue weighted by molar-refractivity contribution is 0.0950. The Morgan fingerprint density at radius 3 is 2.70 bits per heavy atom. The molecular weight excluding hydrogens is 324 g/mol. The molecule has 1 heterocycles. The predicted molar refractivity (Wildman–Crippen MR) is 100 cm³/mol. The summed E-state index contributed by atoms with van der Waals surface area (Å²) in [4.78, 5) is 16.9. The number of thioether (sulfide) groups is 2. The molecule has 5 heteroatoms. The maximum Gasteiger partial charge on any atom is 0.251 e. The van der Waals surface area contributed by atoms with Crippen molar-refractivity contribution in [3.8, 4) is 0 Å². The molecule has 1 aliphatic heterocycles. The molecule has 0 aromatic heterocycles. The molecule has 1 aliphatic rings. The van der Waals surface area contributed by atoms with E-state index in [-0.39, 0.29) is 5.91 Å². The molecule has 1 amide bonds. The van der Waals surface area contributed by atoms with E-state index in [0.29, 0.717) is 6.54 Å². The van der Waals surface area contributed by atoms with Crippen molar-refractivity contribution in [1.29, 1.82) is 0 Å². The number of hydrogen-bond acceptors (Lipinski definition) is 4. The monoisotopic (exact) mass is 342 g/mol. The molecule has 0 atom stereocenters. The molecule has 0 saturated heterocycles. The van der Waals surface area contributed by atoms with Gasteiger partial charge in [0.1, 0.15) is 4.38 Å². The molecule has 0 bridgehead atoms. The van der Waals surface area contributed by atoms with E-state index in [1.54, 1.807) is 23.5 Å². The van der Waals surface area contributed by atoms with Crippen LogP contribution in [-0.2, 0) is 12.3 Å². The fourth-order valence-corrected chi connectivity index (χ4v) is 4.30. The summed E-state index contributed by atoms with van der Waals surface area (Å²) in [7, 11) is 0. The Morgan fingerprint density at radius 1 is 1.13 bits per heavy atom. The van der Waals surface area contributed by atoms with Crippen molar-refractivity contribution in [3.63, 3.8) is 0 Å². The van der Waals surface area contributed by atoms with Gasteiger partial charge in [0, 0.05) is 23.6 Å². The second-order valence-electron chi connectivity index (χ2n) is 5.11. The lowest BCUT2D eigenvalue weighted by Gasteiger charge is -2.10. The number of nitrogens with zero attached hydrogens (tertiary/aromatic N) is 1. The zero-order valence-electron chi connectivity index (χ0n) is 12.7. The average Bonchev–Trinajstić information content (AvgIpc) is 3.12. The highest BCUT2D eigenvalue weighted by molar-refractivity contribution is 8.38. The van der Waals surface area contributed by atoms with Gasteiger partial charge in [0.2, 0.25) is 0 Å². The molecule has 2 aromatic carbocycles. The smallest absolute Gasteiger partial charge is 0.251 e. The van der Waals surface area contributed by atoms with Crippen LogP contribution in [0.4, 0.5) is 0 Å². The van der Waals surface area contributed by atoms with Crippen molar-refractivity contribution in [2.75, 3.05) is 12.3 Å². The Hall–Kier alpha value is -1.72. The Labute approximate surface area is 145 Å². The lowest BCUT2D eigenvalue weighted by atomic mass is 10.1. The second-order valence-corrected chi connectivity index (χ2v) is 7.42. The second kappa shape index (κ2) is 8.22.